The fourth-order valence-corrected chi connectivity index (χ4v) is 3.61. The lowest BCUT2D eigenvalue weighted by atomic mass is 10.2. The summed E-state index contributed by atoms with van der Waals surface area (Å²) in [6.07, 6.45) is 6.56. The van der Waals surface area contributed by atoms with Gasteiger partial charge in [0.05, 0.1) is 19.3 Å². The number of aliphatic imine (C=N–C) groups is 1. The van der Waals surface area contributed by atoms with Crippen molar-refractivity contribution in [1.29, 1.82) is 0 Å². The van der Waals surface area contributed by atoms with Gasteiger partial charge in [0.15, 0.2) is 5.96 Å². The van der Waals surface area contributed by atoms with Crippen LogP contribution in [-0.4, -0.2) is 52.9 Å². The Kier molecular flexibility index (Phi) is 7.27. The summed E-state index contributed by atoms with van der Waals surface area (Å²) in [5, 5.41) is 11.3. The van der Waals surface area contributed by atoms with Crippen LogP contribution in [0.25, 0.3) is 0 Å². The molecule has 0 aliphatic carbocycles. The second-order valence-electron chi connectivity index (χ2n) is 7.03. The van der Waals surface area contributed by atoms with Crippen LogP contribution in [0.4, 0.5) is 0 Å². The van der Waals surface area contributed by atoms with Crippen molar-refractivity contribution in [1.82, 2.24) is 25.3 Å². The van der Waals surface area contributed by atoms with E-state index in [9.17, 15) is 0 Å². The van der Waals surface area contributed by atoms with Gasteiger partial charge in [0, 0.05) is 30.9 Å². The monoisotopic (exact) mass is 368 g/mol. The summed E-state index contributed by atoms with van der Waals surface area (Å²) in [7, 11) is 0. The number of nitrogens with zero attached hydrogens (tertiary/aromatic N) is 4. The average Bonchev–Trinajstić information content (AvgIpc) is 3.33. The van der Waals surface area contributed by atoms with Gasteiger partial charge in [0.25, 0.3) is 0 Å². The third-order valence-corrected chi connectivity index (χ3v) is 5.05. The van der Waals surface area contributed by atoms with Gasteiger partial charge < -0.3 is 10.6 Å². The van der Waals surface area contributed by atoms with E-state index in [1.54, 1.807) is 0 Å². The summed E-state index contributed by atoms with van der Waals surface area (Å²) in [4.78, 5) is 7.28. The first-order valence-corrected chi connectivity index (χ1v) is 10.1. The van der Waals surface area contributed by atoms with Crippen LogP contribution in [0.15, 0.2) is 47.7 Å². The maximum Gasteiger partial charge on any atom is 0.191 e. The molecule has 1 fully saturated rings. The molecule has 1 aromatic heterocycles. The molecule has 27 heavy (non-hydrogen) atoms. The highest BCUT2D eigenvalue weighted by Crippen LogP contribution is 2.15. The van der Waals surface area contributed by atoms with Gasteiger partial charge in [-0.25, -0.2) is 4.99 Å². The molecule has 1 aliphatic heterocycles. The molecular formula is C21H32N6. The number of nitrogens with one attached hydrogen (secondary N) is 2. The Morgan fingerprint density at radius 2 is 2.04 bits per heavy atom. The van der Waals surface area contributed by atoms with Crippen molar-refractivity contribution in [3.05, 3.63) is 53.9 Å². The standard InChI is InChI=1S/C21H32N6/c1-3-22-21(24-15-20-11-8-12-26(20)4-2)23-13-19-14-25-27(17-19)16-18-9-6-5-7-10-18/h5-7,9-10,14,17,20H,3-4,8,11-13,15-16H2,1-2H3,(H2,22,23,24). The molecule has 0 saturated carbocycles. The van der Waals surface area contributed by atoms with E-state index in [4.69, 9.17) is 4.99 Å². The van der Waals surface area contributed by atoms with Crippen molar-refractivity contribution < 1.29 is 0 Å². The highest BCUT2D eigenvalue weighted by molar-refractivity contribution is 5.79. The van der Waals surface area contributed by atoms with E-state index < -0.39 is 0 Å². The maximum atomic E-state index is 4.74. The molecule has 0 amide bonds. The highest BCUT2D eigenvalue weighted by atomic mass is 15.3. The van der Waals surface area contributed by atoms with Gasteiger partial charge in [0.2, 0.25) is 0 Å². The predicted octanol–water partition coefficient (Wildman–Crippen LogP) is 2.47. The van der Waals surface area contributed by atoms with Crippen LogP contribution >= 0.6 is 0 Å². The molecule has 0 spiro atoms. The van der Waals surface area contributed by atoms with Crippen molar-refractivity contribution >= 4 is 5.96 Å². The van der Waals surface area contributed by atoms with Crippen LogP contribution in [-0.2, 0) is 13.1 Å². The van der Waals surface area contributed by atoms with Gasteiger partial charge >= 0.3 is 0 Å². The van der Waals surface area contributed by atoms with Crippen LogP contribution in [0.3, 0.4) is 0 Å². The molecule has 1 aliphatic rings. The Morgan fingerprint density at radius 1 is 1.19 bits per heavy atom. The van der Waals surface area contributed by atoms with Crippen LogP contribution in [0, 0.1) is 0 Å². The molecule has 2 N–H and O–H groups in total. The Labute approximate surface area is 162 Å². The minimum atomic E-state index is 0.618. The van der Waals surface area contributed by atoms with E-state index in [0.29, 0.717) is 12.6 Å². The fourth-order valence-electron chi connectivity index (χ4n) is 3.61. The van der Waals surface area contributed by atoms with Gasteiger partial charge in [-0.05, 0) is 38.4 Å². The first kappa shape index (κ1) is 19.4. The van der Waals surface area contributed by atoms with Gasteiger partial charge in [-0.3, -0.25) is 9.58 Å². The fraction of sp³-hybridized carbons (Fsp3) is 0.524. The van der Waals surface area contributed by atoms with Gasteiger partial charge in [-0.15, -0.1) is 0 Å². The normalized spacial score (nSPS) is 18.0. The summed E-state index contributed by atoms with van der Waals surface area (Å²) in [6, 6.07) is 11.0. The Bertz CT molecular complexity index is 708. The van der Waals surface area contributed by atoms with E-state index in [0.717, 1.165) is 37.7 Å². The maximum absolute atomic E-state index is 4.74. The minimum Gasteiger partial charge on any atom is -0.357 e. The molecule has 3 rings (SSSR count). The first-order valence-electron chi connectivity index (χ1n) is 10.1. The Balaban J connectivity index is 1.53. The molecule has 2 heterocycles. The smallest absolute Gasteiger partial charge is 0.191 e. The van der Waals surface area contributed by atoms with Crippen LogP contribution in [0.2, 0.25) is 0 Å². The number of rotatable bonds is 8. The molecule has 1 saturated heterocycles. The van der Waals surface area contributed by atoms with Crippen molar-refractivity contribution in [2.75, 3.05) is 26.2 Å². The average molecular weight is 369 g/mol. The lowest BCUT2D eigenvalue weighted by Gasteiger charge is -2.23. The summed E-state index contributed by atoms with van der Waals surface area (Å²) in [5.74, 6) is 0.885. The summed E-state index contributed by atoms with van der Waals surface area (Å²) in [5.41, 5.74) is 2.38. The first-order chi connectivity index (χ1) is 13.3. The number of likely N-dealkylation sites (tertiary alicyclic amines) is 1. The van der Waals surface area contributed by atoms with E-state index in [2.05, 4.69) is 64.9 Å². The third kappa shape index (κ3) is 5.82. The van der Waals surface area contributed by atoms with E-state index >= 15 is 0 Å². The molecule has 1 unspecified atom stereocenters. The topological polar surface area (TPSA) is 57.5 Å². The molecule has 6 nitrogen and oxygen atoms in total. The molecule has 0 radical (unpaired) electrons. The van der Waals surface area contributed by atoms with Crippen LogP contribution < -0.4 is 10.6 Å². The summed E-state index contributed by atoms with van der Waals surface area (Å²) >= 11 is 0. The minimum absolute atomic E-state index is 0.618. The quantitative estimate of drug-likeness (QED) is 0.555. The Morgan fingerprint density at radius 3 is 2.81 bits per heavy atom. The van der Waals surface area contributed by atoms with Crippen molar-refractivity contribution in [2.45, 2.75) is 45.8 Å². The predicted molar refractivity (Wildman–Crippen MR) is 111 cm³/mol. The van der Waals surface area contributed by atoms with Crippen molar-refractivity contribution in [3.63, 3.8) is 0 Å². The number of likely N-dealkylation sites (N-methyl/N-ethyl adjacent to an activating group) is 1. The van der Waals surface area contributed by atoms with E-state index in [1.807, 2.05) is 16.9 Å². The van der Waals surface area contributed by atoms with Crippen LogP contribution in [0.5, 0.6) is 0 Å². The zero-order valence-corrected chi connectivity index (χ0v) is 16.6. The zero-order chi connectivity index (χ0) is 18.9. The van der Waals surface area contributed by atoms with Crippen LogP contribution in [0.1, 0.15) is 37.8 Å². The lowest BCUT2D eigenvalue weighted by molar-refractivity contribution is 0.267. The molecule has 0 bridgehead atoms. The molecule has 146 valence electrons. The summed E-state index contributed by atoms with van der Waals surface area (Å²) in [6.45, 7) is 9.92. The SMILES string of the molecule is CCNC(=NCc1cnn(Cc2ccccc2)c1)NCC1CCCN1CC. The second kappa shape index (κ2) is 10.1. The second-order valence-corrected chi connectivity index (χ2v) is 7.03. The van der Waals surface area contributed by atoms with E-state index in [-0.39, 0.29) is 0 Å². The third-order valence-electron chi connectivity index (χ3n) is 5.05. The van der Waals surface area contributed by atoms with Gasteiger partial charge in [-0.1, -0.05) is 37.3 Å². The number of benzene rings is 1. The molecular weight excluding hydrogens is 336 g/mol. The molecule has 2 aromatic rings. The van der Waals surface area contributed by atoms with E-state index in [1.165, 1.54) is 24.9 Å². The summed E-state index contributed by atoms with van der Waals surface area (Å²) < 4.78 is 1.97. The van der Waals surface area contributed by atoms with Gasteiger partial charge in [0.1, 0.15) is 0 Å². The highest BCUT2D eigenvalue weighted by Gasteiger charge is 2.22. The molecule has 6 heteroatoms. The largest absolute Gasteiger partial charge is 0.357 e. The van der Waals surface area contributed by atoms with Crippen molar-refractivity contribution in [2.24, 2.45) is 4.99 Å². The number of hydrogen-bond acceptors (Lipinski definition) is 3. The number of aromatic nitrogens is 2. The number of guanidine groups is 1. The number of hydrogen-bond donors (Lipinski definition) is 2. The zero-order valence-electron chi connectivity index (χ0n) is 16.6. The molecule has 1 atom stereocenters. The van der Waals surface area contributed by atoms with Gasteiger partial charge in [-0.2, -0.15) is 5.10 Å². The Hall–Kier alpha value is -2.34. The lowest BCUT2D eigenvalue weighted by Crippen LogP contribution is -2.44. The molecule has 1 aromatic carbocycles. The van der Waals surface area contributed by atoms with Crippen molar-refractivity contribution in [3.8, 4) is 0 Å².